The van der Waals surface area contributed by atoms with E-state index in [-0.39, 0.29) is 41.9 Å². The maximum atomic E-state index is 13.8. The van der Waals surface area contributed by atoms with Gasteiger partial charge in [-0.25, -0.2) is 4.79 Å². The summed E-state index contributed by atoms with van der Waals surface area (Å²) < 4.78 is 5.80. The van der Waals surface area contributed by atoms with Crippen molar-refractivity contribution in [3.05, 3.63) is 103 Å². The minimum absolute atomic E-state index is 0.111. The van der Waals surface area contributed by atoms with Crippen LogP contribution in [0.5, 0.6) is 5.75 Å². The predicted octanol–water partition coefficient (Wildman–Crippen LogP) is 4.92. The number of allylic oxidation sites excluding steroid dienone is 2. The van der Waals surface area contributed by atoms with Gasteiger partial charge in [0, 0.05) is 6.42 Å². The van der Waals surface area contributed by atoms with E-state index in [2.05, 4.69) is 12.2 Å². The number of esters is 1. The zero-order chi connectivity index (χ0) is 25.1. The Labute approximate surface area is 215 Å². The minimum Gasteiger partial charge on any atom is -0.425 e. The van der Waals surface area contributed by atoms with Crippen LogP contribution in [0.3, 0.4) is 0 Å². The number of rotatable bonds is 6. The third-order valence-electron chi connectivity index (χ3n) is 8.73. The van der Waals surface area contributed by atoms with Crippen molar-refractivity contribution in [1.29, 1.82) is 0 Å². The predicted molar refractivity (Wildman–Crippen MR) is 138 cm³/mol. The molecule has 7 atom stereocenters. The van der Waals surface area contributed by atoms with E-state index in [1.54, 1.807) is 12.1 Å². The number of benzene rings is 3. The topological polar surface area (TPSA) is 63.7 Å². The third-order valence-corrected chi connectivity index (χ3v) is 8.73. The largest absolute Gasteiger partial charge is 0.425 e. The summed E-state index contributed by atoms with van der Waals surface area (Å²) in [5, 5.41) is 0. The molecule has 3 aromatic carbocycles. The summed E-state index contributed by atoms with van der Waals surface area (Å²) in [6.07, 6.45) is 5.62. The Morgan fingerprint density at radius 3 is 1.89 bits per heavy atom. The molecular formula is C32H27NO4. The van der Waals surface area contributed by atoms with Crippen molar-refractivity contribution in [3.63, 3.8) is 0 Å². The van der Waals surface area contributed by atoms with E-state index < -0.39 is 12.0 Å². The Morgan fingerprint density at radius 2 is 1.30 bits per heavy atom. The van der Waals surface area contributed by atoms with E-state index in [9.17, 15) is 14.4 Å². The number of carbonyl (C=O) groups is 3. The van der Waals surface area contributed by atoms with Crippen LogP contribution in [-0.4, -0.2) is 28.7 Å². The second-order valence-electron chi connectivity index (χ2n) is 10.7. The molecule has 184 valence electrons. The molecular weight excluding hydrogens is 462 g/mol. The lowest BCUT2D eigenvalue weighted by atomic mass is 9.63. The van der Waals surface area contributed by atoms with Gasteiger partial charge in [-0.05, 0) is 58.9 Å². The molecule has 1 aliphatic heterocycles. The molecule has 3 aromatic rings. The number of carbonyl (C=O) groups excluding carboxylic acids is 3. The molecule has 2 saturated carbocycles. The fourth-order valence-corrected chi connectivity index (χ4v) is 6.93. The molecule has 5 aliphatic rings. The minimum atomic E-state index is -1.00. The number of imide groups is 1. The second-order valence-corrected chi connectivity index (χ2v) is 10.7. The molecule has 2 amide bonds. The average molecular weight is 490 g/mol. The first-order valence-electron chi connectivity index (χ1n) is 13.1. The quantitative estimate of drug-likeness (QED) is 0.213. The fourth-order valence-electron chi connectivity index (χ4n) is 6.93. The van der Waals surface area contributed by atoms with Crippen LogP contribution in [0, 0.1) is 35.5 Å². The molecule has 1 saturated heterocycles. The SMILES string of the molecule is O=C(Oc1ccc(-c2ccccc2)cc1)[C@@H](Cc1ccccc1)N1C(=O)[C@@H]2[C@@H]3C=C[C@H]([C@H]4C[C@H]34)[C@@H]2C1=O. The molecule has 0 N–H and O–H groups in total. The van der Waals surface area contributed by atoms with Crippen LogP contribution in [0.1, 0.15) is 12.0 Å². The Hall–Kier alpha value is -3.99. The van der Waals surface area contributed by atoms with Crippen molar-refractivity contribution in [2.45, 2.75) is 18.9 Å². The van der Waals surface area contributed by atoms with Gasteiger partial charge in [0.1, 0.15) is 11.8 Å². The summed E-state index contributed by atoms with van der Waals surface area (Å²) in [4.78, 5) is 42.4. The molecule has 0 radical (unpaired) electrons. The Bertz CT molecular complexity index is 1360. The molecule has 5 heteroatoms. The molecule has 0 unspecified atom stereocenters. The molecule has 2 bridgehead atoms. The summed E-state index contributed by atoms with van der Waals surface area (Å²) in [6.45, 7) is 0. The number of likely N-dealkylation sites (tertiary alicyclic amines) is 1. The van der Waals surface area contributed by atoms with Gasteiger partial charge in [0.2, 0.25) is 11.8 Å². The van der Waals surface area contributed by atoms with Gasteiger partial charge in [-0.2, -0.15) is 0 Å². The normalized spacial score (nSPS) is 29.6. The molecule has 8 rings (SSSR count). The highest BCUT2D eigenvalue weighted by Gasteiger charge is 2.68. The Morgan fingerprint density at radius 1 is 0.757 bits per heavy atom. The van der Waals surface area contributed by atoms with Gasteiger partial charge >= 0.3 is 5.97 Å². The van der Waals surface area contributed by atoms with E-state index in [1.807, 2.05) is 72.8 Å². The highest BCUT2D eigenvalue weighted by molar-refractivity contribution is 6.09. The summed E-state index contributed by atoms with van der Waals surface area (Å²) in [7, 11) is 0. The van der Waals surface area contributed by atoms with Crippen molar-refractivity contribution in [2.24, 2.45) is 35.5 Å². The lowest BCUT2D eigenvalue weighted by molar-refractivity contribution is -0.153. The van der Waals surface area contributed by atoms with Crippen LogP contribution in [-0.2, 0) is 20.8 Å². The van der Waals surface area contributed by atoms with Gasteiger partial charge in [-0.3, -0.25) is 14.5 Å². The molecule has 5 nitrogen and oxygen atoms in total. The van der Waals surface area contributed by atoms with Gasteiger partial charge in [-0.1, -0.05) is 84.9 Å². The standard InChI is InChI=1S/C32H27NO4/c34-30-28-23-15-16-24(26-18-25(23)26)29(28)31(35)33(30)27(17-19-7-3-1-4-8-19)32(36)37-22-13-11-21(12-14-22)20-9-5-2-6-10-20/h1-16,23-29H,17-18H2/t23-,24-,25-,26-,27-,28-,29+/m1/s1. The maximum Gasteiger partial charge on any atom is 0.335 e. The van der Waals surface area contributed by atoms with Gasteiger partial charge < -0.3 is 4.74 Å². The van der Waals surface area contributed by atoms with Crippen LogP contribution in [0.2, 0.25) is 0 Å². The number of ether oxygens (including phenoxy) is 1. The highest BCUT2D eigenvalue weighted by atomic mass is 16.5. The first kappa shape index (κ1) is 22.2. The van der Waals surface area contributed by atoms with E-state index in [1.165, 1.54) is 4.90 Å². The van der Waals surface area contributed by atoms with Crippen LogP contribution in [0.15, 0.2) is 97.1 Å². The molecule has 37 heavy (non-hydrogen) atoms. The van der Waals surface area contributed by atoms with Crippen molar-refractivity contribution < 1.29 is 19.1 Å². The molecule has 3 fully saturated rings. The Kier molecular flexibility index (Phi) is 5.13. The fraction of sp³-hybridized carbons (Fsp3) is 0.281. The number of nitrogens with zero attached hydrogens (tertiary/aromatic N) is 1. The van der Waals surface area contributed by atoms with E-state index >= 15 is 0 Å². The first-order valence-corrected chi connectivity index (χ1v) is 13.1. The van der Waals surface area contributed by atoms with Crippen LogP contribution in [0.4, 0.5) is 0 Å². The first-order chi connectivity index (χ1) is 18.1. The van der Waals surface area contributed by atoms with Crippen molar-refractivity contribution in [1.82, 2.24) is 4.90 Å². The maximum absolute atomic E-state index is 13.8. The third kappa shape index (κ3) is 3.64. The Balaban J connectivity index is 1.17. The summed E-state index contributed by atoms with van der Waals surface area (Å²) in [5.41, 5.74) is 2.96. The molecule has 0 spiro atoms. The van der Waals surface area contributed by atoms with E-state index in [4.69, 9.17) is 4.74 Å². The van der Waals surface area contributed by atoms with Crippen LogP contribution in [0.25, 0.3) is 11.1 Å². The monoisotopic (exact) mass is 489 g/mol. The molecule has 0 aromatic heterocycles. The number of hydrogen-bond acceptors (Lipinski definition) is 4. The average Bonchev–Trinajstić information content (AvgIpc) is 3.72. The van der Waals surface area contributed by atoms with Gasteiger partial charge in [0.05, 0.1) is 11.8 Å². The summed E-state index contributed by atoms with van der Waals surface area (Å²) in [6, 6.07) is 25.8. The summed E-state index contributed by atoms with van der Waals surface area (Å²) >= 11 is 0. The van der Waals surface area contributed by atoms with Crippen molar-refractivity contribution >= 4 is 17.8 Å². The van der Waals surface area contributed by atoms with Crippen LogP contribution < -0.4 is 4.74 Å². The van der Waals surface area contributed by atoms with Crippen molar-refractivity contribution in [3.8, 4) is 16.9 Å². The highest BCUT2D eigenvalue weighted by Crippen LogP contribution is 2.65. The number of hydrogen-bond donors (Lipinski definition) is 0. The second kappa shape index (κ2) is 8.55. The zero-order valence-corrected chi connectivity index (χ0v) is 20.3. The van der Waals surface area contributed by atoms with Gasteiger partial charge in [0.15, 0.2) is 0 Å². The molecule has 1 heterocycles. The lowest BCUT2D eigenvalue weighted by Crippen LogP contribution is -2.48. The van der Waals surface area contributed by atoms with E-state index in [0.717, 1.165) is 23.1 Å². The lowest BCUT2D eigenvalue weighted by Gasteiger charge is -2.37. The number of amides is 2. The zero-order valence-electron chi connectivity index (χ0n) is 20.3. The smallest absolute Gasteiger partial charge is 0.335 e. The van der Waals surface area contributed by atoms with Gasteiger partial charge in [0.25, 0.3) is 0 Å². The van der Waals surface area contributed by atoms with Crippen LogP contribution >= 0.6 is 0 Å². The summed E-state index contributed by atoms with van der Waals surface area (Å²) in [5.74, 6) is -0.0599. The van der Waals surface area contributed by atoms with Gasteiger partial charge in [-0.15, -0.1) is 0 Å². The van der Waals surface area contributed by atoms with E-state index in [0.29, 0.717) is 17.6 Å². The van der Waals surface area contributed by atoms with Crippen molar-refractivity contribution in [2.75, 3.05) is 0 Å². The molecule has 4 aliphatic carbocycles.